The number of nitrogen functional groups attached to an aromatic ring is 1. The second kappa shape index (κ2) is 7.00. The van der Waals surface area contributed by atoms with Gasteiger partial charge in [-0.1, -0.05) is 6.07 Å². The van der Waals surface area contributed by atoms with E-state index in [0.29, 0.717) is 11.4 Å². The summed E-state index contributed by atoms with van der Waals surface area (Å²) in [4.78, 5) is 23.2. The highest BCUT2D eigenvalue weighted by atomic mass is 16.2. The Hall–Kier alpha value is -3.15. The number of imidazole rings is 1. The van der Waals surface area contributed by atoms with Gasteiger partial charge in [0, 0.05) is 48.5 Å². The van der Waals surface area contributed by atoms with Crippen LogP contribution in [0, 0.1) is 0 Å². The quantitative estimate of drug-likeness (QED) is 0.789. The minimum absolute atomic E-state index is 0.0985. The van der Waals surface area contributed by atoms with Gasteiger partial charge in [-0.2, -0.15) is 0 Å². The minimum atomic E-state index is 0.0985. The summed E-state index contributed by atoms with van der Waals surface area (Å²) in [5.41, 5.74) is 8.29. The van der Waals surface area contributed by atoms with Crippen molar-refractivity contribution in [2.75, 3.05) is 18.8 Å². The van der Waals surface area contributed by atoms with Gasteiger partial charge in [-0.25, -0.2) is 9.97 Å². The van der Waals surface area contributed by atoms with Crippen LogP contribution in [0.25, 0.3) is 17.1 Å². The van der Waals surface area contributed by atoms with Crippen LogP contribution in [0.4, 0.5) is 5.82 Å². The molecule has 1 amide bonds. The molecule has 3 aromatic rings. The minimum Gasteiger partial charge on any atom is -0.384 e. The number of nitrogens with two attached hydrogens (primary N) is 1. The summed E-state index contributed by atoms with van der Waals surface area (Å²) in [6.07, 6.45) is 8.67. The molecule has 2 aromatic heterocycles. The fraction of sp³-hybridized carbons (Fsp3) is 0.250. The number of nitrogens with zero attached hydrogens (tertiary/aromatic N) is 4. The average molecular weight is 347 g/mol. The summed E-state index contributed by atoms with van der Waals surface area (Å²) < 4.78 is 1.96. The maximum atomic E-state index is 12.8. The van der Waals surface area contributed by atoms with Gasteiger partial charge in [-0.3, -0.25) is 9.36 Å². The molecule has 3 heterocycles. The van der Waals surface area contributed by atoms with Crippen molar-refractivity contribution in [3.63, 3.8) is 0 Å². The summed E-state index contributed by atoms with van der Waals surface area (Å²) in [7, 11) is 0. The summed E-state index contributed by atoms with van der Waals surface area (Å²) in [5.74, 6) is 1.31. The van der Waals surface area contributed by atoms with Crippen molar-refractivity contribution in [2.45, 2.75) is 19.3 Å². The normalized spacial score (nSPS) is 14.4. The van der Waals surface area contributed by atoms with Crippen molar-refractivity contribution in [1.29, 1.82) is 0 Å². The molecule has 1 aliphatic rings. The average Bonchev–Trinajstić information content (AvgIpc) is 3.18. The molecule has 0 aliphatic carbocycles. The van der Waals surface area contributed by atoms with Gasteiger partial charge in [0.2, 0.25) is 0 Å². The topological polar surface area (TPSA) is 77.0 Å². The number of pyridine rings is 1. The van der Waals surface area contributed by atoms with Gasteiger partial charge < -0.3 is 10.6 Å². The number of carbonyl (C=O) groups excluding carboxylic acids is 1. The fourth-order valence-corrected chi connectivity index (χ4v) is 3.38. The molecule has 1 saturated heterocycles. The van der Waals surface area contributed by atoms with E-state index in [-0.39, 0.29) is 5.91 Å². The van der Waals surface area contributed by atoms with Crippen molar-refractivity contribution in [2.24, 2.45) is 0 Å². The summed E-state index contributed by atoms with van der Waals surface area (Å²) in [5, 5.41) is 0. The Morgan fingerprint density at radius 3 is 2.65 bits per heavy atom. The molecule has 1 aromatic carbocycles. The van der Waals surface area contributed by atoms with Crippen molar-refractivity contribution in [3.05, 3.63) is 60.6 Å². The number of aromatic nitrogens is 3. The number of anilines is 1. The first-order valence-electron chi connectivity index (χ1n) is 8.87. The molecule has 2 N–H and O–H groups in total. The van der Waals surface area contributed by atoms with Gasteiger partial charge in [0.25, 0.3) is 5.91 Å². The van der Waals surface area contributed by atoms with E-state index in [9.17, 15) is 4.79 Å². The van der Waals surface area contributed by atoms with Crippen LogP contribution in [0.5, 0.6) is 0 Å². The summed E-state index contributed by atoms with van der Waals surface area (Å²) >= 11 is 0. The Balaban J connectivity index is 1.67. The van der Waals surface area contributed by atoms with Crippen molar-refractivity contribution in [1.82, 2.24) is 19.4 Å². The molecule has 6 heteroatoms. The van der Waals surface area contributed by atoms with Crippen LogP contribution >= 0.6 is 0 Å². The van der Waals surface area contributed by atoms with Crippen LogP contribution in [0.15, 0.2) is 55.0 Å². The lowest BCUT2D eigenvalue weighted by Crippen LogP contribution is -2.35. The standard InChI is InChI=1S/C20H21N5O/c21-18-14-15(7-8-22-18)19-23-9-12-25(19)17-6-4-5-16(13-17)20(26)24-10-2-1-3-11-24/h4-9,12-14H,1-3,10-11H2,(H2,21,22). The van der Waals surface area contributed by atoms with E-state index in [1.165, 1.54) is 6.42 Å². The second-order valence-corrected chi connectivity index (χ2v) is 6.49. The van der Waals surface area contributed by atoms with Crippen LogP contribution in [0.3, 0.4) is 0 Å². The number of amides is 1. The second-order valence-electron chi connectivity index (χ2n) is 6.49. The van der Waals surface area contributed by atoms with Gasteiger partial charge in [0.05, 0.1) is 0 Å². The molecule has 0 saturated carbocycles. The largest absolute Gasteiger partial charge is 0.384 e. The Labute approximate surface area is 152 Å². The van der Waals surface area contributed by atoms with E-state index in [4.69, 9.17) is 5.73 Å². The highest BCUT2D eigenvalue weighted by Gasteiger charge is 2.19. The maximum absolute atomic E-state index is 12.8. The zero-order chi connectivity index (χ0) is 17.9. The number of carbonyl (C=O) groups is 1. The summed E-state index contributed by atoms with van der Waals surface area (Å²) in [6, 6.07) is 11.4. The van der Waals surface area contributed by atoms with Crippen LogP contribution in [-0.2, 0) is 0 Å². The van der Waals surface area contributed by atoms with E-state index in [0.717, 1.165) is 43.0 Å². The van der Waals surface area contributed by atoms with Crippen LogP contribution in [0.2, 0.25) is 0 Å². The van der Waals surface area contributed by atoms with Crippen molar-refractivity contribution < 1.29 is 4.79 Å². The number of hydrogen-bond acceptors (Lipinski definition) is 4. The fourth-order valence-electron chi connectivity index (χ4n) is 3.38. The molecular weight excluding hydrogens is 326 g/mol. The number of likely N-dealkylation sites (tertiary alicyclic amines) is 1. The van der Waals surface area contributed by atoms with E-state index in [2.05, 4.69) is 9.97 Å². The van der Waals surface area contributed by atoms with Gasteiger partial charge >= 0.3 is 0 Å². The molecule has 0 bridgehead atoms. The monoisotopic (exact) mass is 347 g/mol. The Kier molecular flexibility index (Phi) is 4.39. The number of rotatable bonds is 3. The molecule has 1 fully saturated rings. The molecule has 6 nitrogen and oxygen atoms in total. The lowest BCUT2D eigenvalue weighted by molar-refractivity contribution is 0.0724. The first kappa shape index (κ1) is 16.3. The molecular formula is C20H21N5O. The molecule has 26 heavy (non-hydrogen) atoms. The van der Waals surface area contributed by atoms with Gasteiger partial charge in [0.1, 0.15) is 11.6 Å². The highest BCUT2D eigenvalue weighted by Crippen LogP contribution is 2.23. The van der Waals surface area contributed by atoms with Crippen LogP contribution < -0.4 is 5.73 Å². The Bertz CT molecular complexity index is 927. The Morgan fingerprint density at radius 2 is 1.85 bits per heavy atom. The van der Waals surface area contributed by atoms with E-state index < -0.39 is 0 Å². The van der Waals surface area contributed by atoms with Gasteiger partial charge in [-0.05, 0) is 49.6 Å². The number of benzene rings is 1. The zero-order valence-corrected chi connectivity index (χ0v) is 14.5. The third kappa shape index (κ3) is 3.18. The van der Waals surface area contributed by atoms with Gasteiger partial charge in [-0.15, -0.1) is 0 Å². The predicted molar refractivity (Wildman–Crippen MR) is 101 cm³/mol. The van der Waals surface area contributed by atoms with Crippen LogP contribution in [-0.4, -0.2) is 38.4 Å². The Morgan fingerprint density at radius 1 is 1.00 bits per heavy atom. The van der Waals surface area contributed by atoms with E-state index >= 15 is 0 Å². The molecule has 0 unspecified atom stereocenters. The predicted octanol–water partition coefficient (Wildman–Crippen LogP) is 3.14. The third-order valence-electron chi connectivity index (χ3n) is 4.69. The van der Waals surface area contributed by atoms with E-state index in [1.54, 1.807) is 18.5 Å². The molecule has 132 valence electrons. The lowest BCUT2D eigenvalue weighted by Gasteiger charge is -2.26. The maximum Gasteiger partial charge on any atom is 0.253 e. The SMILES string of the molecule is Nc1cc(-c2nccn2-c2cccc(C(=O)N3CCCCC3)c2)ccn1. The summed E-state index contributed by atoms with van der Waals surface area (Å²) in [6.45, 7) is 1.69. The smallest absolute Gasteiger partial charge is 0.253 e. The number of piperidine rings is 1. The van der Waals surface area contributed by atoms with E-state index in [1.807, 2.05) is 46.0 Å². The first-order chi connectivity index (χ1) is 12.7. The molecule has 0 radical (unpaired) electrons. The van der Waals surface area contributed by atoms with Crippen molar-refractivity contribution in [3.8, 4) is 17.1 Å². The molecule has 4 rings (SSSR count). The zero-order valence-electron chi connectivity index (χ0n) is 14.5. The molecule has 1 aliphatic heterocycles. The van der Waals surface area contributed by atoms with Gasteiger partial charge in [0.15, 0.2) is 0 Å². The third-order valence-corrected chi connectivity index (χ3v) is 4.69. The highest BCUT2D eigenvalue weighted by molar-refractivity contribution is 5.94. The van der Waals surface area contributed by atoms with Crippen LogP contribution in [0.1, 0.15) is 29.6 Å². The van der Waals surface area contributed by atoms with Crippen molar-refractivity contribution >= 4 is 11.7 Å². The number of hydrogen-bond donors (Lipinski definition) is 1. The molecule has 0 spiro atoms. The molecule has 0 atom stereocenters. The first-order valence-corrected chi connectivity index (χ1v) is 8.87. The lowest BCUT2D eigenvalue weighted by atomic mass is 10.1.